The van der Waals surface area contributed by atoms with Crippen LogP contribution in [0, 0.1) is 5.92 Å². The average molecular weight is 306 g/mol. The molecule has 0 aliphatic heterocycles. The molecule has 0 fully saturated rings. The van der Waals surface area contributed by atoms with Gasteiger partial charge in [-0.25, -0.2) is 0 Å². The van der Waals surface area contributed by atoms with E-state index in [1.165, 1.54) is 19.2 Å². The molecule has 1 rings (SSSR count). The van der Waals surface area contributed by atoms with Crippen molar-refractivity contribution < 1.29 is 14.6 Å². The highest BCUT2D eigenvalue weighted by molar-refractivity contribution is 6.37. The molecule has 2 N–H and O–H groups in total. The number of aliphatic hydroxyl groups is 1. The van der Waals surface area contributed by atoms with Gasteiger partial charge in [0.05, 0.1) is 29.8 Å². The second kappa shape index (κ2) is 6.98. The summed E-state index contributed by atoms with van der Waals surface area (Å²) in [5.41, 5.74) is 0.329. The van der Waals surface area contributed by atoms with E-state index in [2.05, 4.69) is 5.32 Å². The number of nitrogens with one attached hydrogen (secondary N) is 1. The number of aliphatic hydroxyl groups excluding tert-OH is 1. The molecule has 4 nitrogen and oxygen atoms in total. The predicted octanol–water partition coefficient (Wildman–Crippen LogP) is 2.75. The Morgan fingerprint density at radius 2 is 1.89 bits per heavy atom. The van der Waals surface area contributed by atoms with E-state index < -0.39 is 0 Å². The number of ether oxygens (including phenoxy) is 1. The van der Waals surface area contributed by atoms with Crippen molar-refractivity contribution in [1.29, 1.82) is 0 Å². The Hall–Kier alpha value is -0.970. The summed E-state index contributed by atoms with van der Waals surface area (Å²) in [6.45, 7) is 3.70. The minimum atomic E-state index is -0.334. The number of methoxy groups -OCH3 is 1. The molecule has 6 heteroatoms. The third-order valence-electron chi connectivity index (χ3n) is 2.78. The fourth-order valence-corrected chi connectivity index (χ4v) is 2.20. The van der Waals surface area contributed by atoms with E-state index >= 15 is 0 Å². The van der Waals surface area contributed by atoms with Gasteiger partial charge in [-0.3, -0.25) is 4.79 Å². The summed E-state index contributed by atoms with van der Waals surface area (Å²) in [6.07, 6.45) is 0. The zero-order valence-electron chi connectivity index (χ0n) is 11.0. The highest BCUT2D eigenvalue weighted by atomic mass is 35.5. The van der Waals surface area contributed by atoms with Gasteiger partial charge in [-0.05, 0) is 18.1 Å². The molecule has 0 saturated carbocycles. The van der Waals surface area contributed by atoms with Crippen LogP contribution in [0.4, 0.5) is 0 Å². The Morgan fingerprint density at radius 3 is 2.26 bits per heavy atom. The number of benzene rings is 1. The molecule has 0 spiro atoms. The predicted molar refractivity (Wildman–Crippen MR) is 76.2 cm³/mol. The third-order valence-corrected chi connectivity index (χ3v) is 3.34. The molecule has 1 unspecified atom stereocenters. The molecule has 0 aliphatic carbocycles. The van der Waals surface area contributed by atoms with Gasteiger partial charge in [0, 0.05) is 5.56 Å². The van der Waals surface area contributed by atoms with Crippen LogP contribution in [-0.2, 0) is 0 Å². The fourth-order valence-electron chi connectivity index (χ4n) is 1.56. The van der Waals surface area contributed by atoms with Gasteiger partial charge < -0.3 is 15.2 Å². The maximum absolute atomic E-state index is 12.0. The van der Waals surface area contributed by atoms with Gasteiger partial charge in [-0.1, -0.05) is 37.0 Å². The minimum absolute atomic E-state index is 0.123. The van der Waals surface area contributed by atoms with E-state index in [9.17, 15) is 9.90 Å². The van der Waals surface area contributed by atoms with Crippen LogP contribution in [0.2, 0.25) is 10.0 Å². The third kappa shape index (κ3) is 4.00. The van der Waals surface area contributed by atoms with Crippen molar-refractivity contribution >= 4 is 29.1 Å². The smallest absolute Gasteiger partial charge is 0.251 e. The normalized spacial score (nSPS) is 12.4. The summed E-state index contributed by atoms with van der Waals surface area (Å²) < 4.78 is 5.02. The van der Waals surface area contributed by atoms with Crippen molar-refractivity contribution in [1.82, 2.24) is 5.32 Å². The van der Waals surface area contributed by atoms with Gasteiger partial charge in [0.2, 0.25) is 0 Å². The van der Waals surface area contributed by atoms with Gasteiger partial charge in [-0.2, -0.15) is 0 Å². The largest absolute Gasteiger partial charge is 0.494 e. The molecule has 0 bridgehead atoms. The summed E-state index contributed by atoms with van der Waals surface area (Å²) in [4.78, 5) is 12.0. The van der Waals surface area contributed by atoms with Crippen LogP contribution < -0.4 is 10.1 Å². The molecule has 1 aromatic carbocycles. The highest BCUT2D eigenvalue weighted by Crippen LogP contribution is 2.33. The van der Waals surface area contributed by atoms with E-state index in [1.54, 1.807) is 0 Å². The van der Waals surface area contributed by atoms with E-state index in [1.807, 2.05) is 13.8 Å². The number of hydrogen-bond acceptors (Lipinski definition) is 3. The van der Waals surface area contributed by atoms with Crippen LogP contribution in [0.5, 0.6) is 5.75 Å². The highest BCUT2D eigenvalue weighted by Gasteiger charge is 2.18. The lowest BCUT2D eigenvalue weighted by atomic mass is 10.0. The summed E-state index contributed by atoms with van der Waals surface area (Å²) >= 11 is 11.9. The molecule has 1 amide bonds. The van der Waals surface area contributed by atoms with Crippen LogP contribution in [0.1, 0.15) is 24.2 Å². The number of hydrogen-bond donors (Lipinski definition) is 2. The lowest BCUT2D eigenvalue weighted by Crippen LogP contribution is -2.41. The Kier molecular flexibility index (Phi) is 5.91. The van der Waals surface area contributed by atoms with Gasteiger partial charge >= 0.3 is 0 Å². The van der Waals surface area contributed by atoms with Crippen molar-refractivity contribution in [3.8, 4) is 5.75 Å². The lowest BCUT2D eigenvalue weighted by molar-refractivity contribution is 0.0897. The molecule has 0 aliphatic rings. The van der Waals surface area contributed by atoms with Crippen molar-refractivity contribution in [2.45, 2.75) is 19.9 Å². The summed E-state index contributed by atoms with van der Waals surface area (Å²) in [5.74, 6) is 0.125. The number of amides is 1. The average Bonchev–Trinajstić information content (AvgIpc) is 2.34. The number of rotatable bonds is 5. The molecule has 1 atom stereocenters. The van der Waals surface area contributed by atoms with Crippen LogP contribution in [0.25, 0.3) is 0 Å². The second-order valence-electron chi connectivity index (χ2n) is 4.48. The molecular weight excluding hydrogens is 289 g/mol. The monoisotopic (exact) mass is 305 g/mol. The van der Waals surface area contributed by atoms with Crippen LogP contribution in [0.15, 0.2) is 12.1 Å². The van der Waals surface area contributed by atoms with E-state index in [0.717, 1.165) is 0 Å². The number of carbonyl (C=O) groups excluding carboxylic acids is 1. The molecule has 19 heavy (non-hydrogen) atoms. The van der Waals surface area contributed by atoms with Gasteiger partial charge in [0.25, 0.3) is 5.91 Å². The maximum Gasteiger partial charge on any atom is 0.251 e. The van der Waals surface area contributed by atoms with Crippen LogP contribution >= 0.6 is 23.2 Å². The first-order valence-electron chi connectivity index (χ1n) is 5.85. The zero-order valence-corrected chi connectivity index (χ0v) is 12.5. The zero-order chi connectivity index (χ0) is 14.6. The Labute approximate surface area is 122 Å². The second-order valence-corrected chi connectivity index (χ2v) is 5.29. The van der Waals surface area contributed by atoms with E-state index in [0.29, 0.717) is 11.3 Å². The lowest BCUT2D eigenvalue weighted by Gasteiger charge is -2.20. The first-order valence-corrected chi connectivity index (χ1v) is 6.61. The first-order chi connectivity index (χ1) is 8.90. The summed E-state index contributed by atoms with van der Waals surface area (Å²) in [6, 6.07) is 2.65. The van der Waals surface area contributed by atoms with Gasteiger partial charge in [-0.15, -0.1) is 0 Å². The SMILES string of the molecule is COc1c(Cl)cc(C(=O)NC(CO)C(C)C)cc1Cl. The molecule has 0 radical (unpaired) electrons. The van der Waals surface area contributed by atoms with Crippen molar-refractivity contribution in [3.63, 3.8) is 0 Å². The van der Waals surface area contributed by atoms with Crippen molar-refractivity contribution in [2.24, 2.45) is 5.92 Å². The maximum atomic E-state index is 12.0. The van der Waals surface area contributed by atoms with Gasteiger partial charge in [0.15, 0.2) is 5.75 Å². The Balaban J connectivity index is 2.95. The van der Waals surface area contributed by atoms with Crippen LogP contribution in [-0.4, -0.2) is 30.8 Å². The first kappa shape index (κ1) is 16.1. The van der Waals surface area contributed by atoms with Gasteiger partial charge in [0.1, 0.15) is 0 Å². The van der Waals surface area contributed by atoms with Crippen LogP contribution in [0.3, 0.4) is 0 Å². The molecule has 0 heterocycles. The molecule has 0 saturated heterocycles. The molecule has 106 valence electrons. The topological polar surface area (TPSA) is 58.6 Å². The number of carbonyl (C=O) groups is 1. The molecule has 0 aromatic heterocycles. The fraction of sp³-hybridized carbons (Fsp3) is 0.462. The Bertz CT molecular complexity index is 440. The van der Waals surface area contributed by atoms with E-state index in [4.69, 9.17) is 27.9 Å². The number of halogens is 2. The molecular formula is C13H17Cl2NO3. The minimum Gasteiger partial charge on any atom is -0.494 e. The van der Waals surface area contributed by atoms with Crippen molar-refractivity contribution in [2.75, 3.05) is 13.7 Å². The Morgan fingerprint density at radius 1 is 1.37 bits per heavy atom. The summed E-state index contributed by atoms with van der Waals surface area (Å²) in [7, 11) is 1.45. The van der Waals surface area contributed by atoms with E-state index in [-0.39, 0.29) is 34.5 Å². The standard InChI is InChI=1S/C13H17Cl2NO3/c1-7(2)11(6-17)16-13(18)8-4-9(14)12(19-3)10(15)5-8/h4-5,7,11,17H,6H2,1-3H3,(H,16,18). The quantitative estimate of drug-likeness (QED) is 0.879. The molecule has 1 aromatic rings. The summed E-state index contributed by atoms with van der Waals surface area (Å²) in [5, 5.41) is 12.5. The van der Waals surface area contributed by atoms with Crippen molar-refractivity contribution in [3.05, 3.63) is 27.7 Å².